The highest BCUT2D eigenvalue weighted by Gasteiger charge is 2.11. The third-order valence-corrected chi connectivity index (χ3v) is 4.12. The topological polar surface area (TPSA) is 22.1 Å². The van der Waals surface area contributed by atoms with Crippen molar-refractivity contribution in [3.05, 3.63) is 33.2 Å². The average molecular weight is 331 g/mol. The number of fused-ring (bicyclic) bond motifs is 1. The van der Waals surface area contributed by atoms with Gasteiger partial charge in [-0.15, -0.1) is 0 Å². The zero-order valence-corrected chi connectivity index (χ0v) is 11.3. The van der Waals surface area contributed by atoms with Gasteiger partial charge in [0.05, 0.1) is 16.6 Å². The van der Waals surface area contributed by atoms with Crippen molar-refractivity contribution in [1.29, 1.82) is 0 Å². The van der Waals surface area contributed by atoms with Crippen LogP contribution in [0.25, 0.3) is 10.9 Å². The second-order valence-corrected chi connectivity index (χ2v) is 4.58. The first kappa shape index (κ1) is 10.9. The van der Waals surface area contributed by atoms with Gasteiger partial charge >= 0.3 is 0 Å². The molecule has 0 aliphatic heterocycles. The summed E-state index contributed by atoms with van der Waals surface area (Å²) in [5, 5.41) is 1.08. The van der Waals surface area contributed by atoms with Crippen molar-refractivity contribution in [3.63, 3.8) is 0 Å². The van der Waals surface area contributed by atoms with Gasteiger partial charge in [0, 0.05) is 9.86 Å². The maximum Gasteiger partial charge on any atom is 0.229 e. The van der Waals surface area contributed by atoms with Crippen LogP contribution in [-0.4, -0.2) is 11.6 Å². The van der Waals surface area contributed by atoms with Gasteiger partial charge in [-0.2, -0.15) is 0 Å². The summed E-state index contributed by atoms with van der Waals surface area (Å²) in [7, 11) is 0. The normalized spacial score (nSPS) is 10.6. The molecule has 78 valence electrons. The van der Waals surface area contributed by atoms with Crippen LogP contribution in [-0.2, 0) is 0 Å². The number of para-hydroxylation sites is 1. The van der Waals surface area contributed by atoms with Crippen molar-refractivity contribution < 1.29 is 4.74 Å². The molecule has 0 N–H and O–H groups in total. The van der Waals surface area contributed by atoms with Crippen molar-refractivity contribution in [1.82, 2.24) is 4.98 Å². The highest BCUT2D eigenvalue weighted by molar-refractivity contribution is 9.13. The van der Waals surface area contributed by atoms with Crippen molar-refractivity contribution in [2.24, 2.45) is 0 Å². The first-order chi connectivity index (χ1) is 7.24. The average Bonchev–Trinajstić information content (AvgIpc) is 2.26. The molecular formula is C11H9Br2NO. The Morgan fingerprint density at radius 3 is 2.67 bits per heavy atom. The lowest BCUT2D eigenvalue weighted by Crippen LogP contribution is -1.96. The van der Waals surface area contributed by atoms with Crippen LogP contribution in [0, 0.1) is 0 Å². The molecule has 2 nitrogen and oxygen atoms in total. The second-order valence-electron chi connectivity index (χ2n) is 3.00. The SMILES string of the molecule is CCOc1nc2ccccc2c(Br)c1Br. The first-order valence-corrected chi connectivity index (χ1v) is 6.19. The van der Waals surface area contributed by atoms with Crippen LogP contribution >= 0.6 is 31.9 Å². The molecule has 0 saturated carbocycles. The molecule has 0 aliphatic rings. The highest BCUT2D eigenvalue weighted by Crippen LogP contribution is 2.36. The highest BCUT2D eigenvalue weighted by atomic mass is 79.9. The second kappa shape index (κ2) is 4.49. The van der Waals surface area contributed by atoms with Gasteiger partial charge in [-0.1, -0.05) is 18.2 Å². The molecule has 15 heavy (non-hydrogen) atoms. The lowest BCUT2D eigenvalue weighted by molar-refractivity contribution is 0.325. The molecule has 0 unspecified atom stereocenters. The number of aromatic nitrogens is 1. The summed E-state index contributed by atoms with van der Waals surface area (Å²) in [5.74, 6) is 0.628. The van der Waals surface area contributed by atoms with E-state index in [4.69, 9.17) is 4.74 Å². The molecule has 0 spiro atoms. The molecule has 0 bridgehead atoms. The Labute approximate surface area is 105 Å². The van der Waals surface area contributed by atoms with Crippen molar-refractivity contribution in [2.45, 2.75) is 6.92 Å². The van der Waals surface area contributed by atoms with Gasteiger partial charge in [-0.05, 0) is 44.8 Å². The summed E-state index contributed by atoms with van der Waals surface area (Å²) in [6, 6.07) is 7.94. The smallest absolute Gasteiger partial charge is 0.229 e. The molecule has 0 aliphatic carbocycles. The molecule has 1 aromatic carbocycles. The predicted octanol–water partition coefficient (Wildman–Crippen LogP) is 4.16. The van der Waals surface area contributed by atoms with Crippen LogP contribution in [0.15, 0.2) is 33.2 Å². The Bertz CT molecular complexity index is 499. The Kier molecular flexibility index (Phi) is 3.26. The van der Waals surface area contributed by atoms with Crippen LogP contribution in [0.1, 0.15) is 6.92 Å². The largest absolute Gasteiger partial charge is 0.477 e. The van der Waals surface area contributed by atoms with Crippen LogP contribution in [0.4, 0.5) is 0 Å². The Balaban J connectivity index is 2.71. The van der Waals surface area contributed by atoms with Gasteiger partial charge < -0.3 is 4.74 Å². The van der Waals surface area contributed by atoms with Crippen molar-refractivity contribution in [3.8, 4) is 5.88 Å². The van der Waals surface area contributed by atoms with Crippen LogP contribution in [0.2, 0.25) is 0 Å². The van der Waals surface area contributed by atoms with Gasteiger partial charge in [0.25, 0.3) is 0 Å². The fraction of sp³-hybridized carbons (Fsp3) is 0.182. The minimum atomic E-state index is 0.608. The number of hydrogen-bond acceptors (Lipinski definition) is 2. The molecule has 4 heteroatoms. The summed E-state index contributed by atoms with van der Waals surface area (Å²) >= 11 is 7.00. The van der Waals surface area contributed by atoms with E-state index in [1.165, 1.54) is 0 Å². The minimum Gasteiger partial charge on any atom is -0.477 e. The zero-order chi connectivity index (χ0) is 10.8. The van der Waals surface area contributed by atoms with Gasteiger partial charge in [0.15, 0.2) is 0 Å². The molecular weight excluding hydrogens is 322 g/mol. The Morgan fingerprint density at radius 1 is 1.20 bits per heavy atom. The summed E-state index contributed by atoms with van der Waals surface area (Å²) in [5.41, 5.74) is 0.927. The van der Waals surface area contributed by atoms with Gasteiger partial charge in [-0.25, -0.2) is 4.98 Å². The number of pyridine rings is 1. The zero-order valence-electron chi connectivity index (χ0n) is 8.13. The molecule has 1 aromatic heterocycles. The number of halogens is 2. The summed E-state index contributed by atoms with van der Waals surface area (Å²) in [6.45, 7) is 2.55. The molecule has 2 aromatic rings. The maximum atomic E-state index is 5.44. The van der Waals surface area contributed by atoms with Crippen LogP contribution < -0.4 is 4.74 Å². The van der Waals surface area contributed by atoms with Gasteiger partial charge in [0.2, 0.25) is 5.88 Å². The van der Waals surface area contributed by atoms with E-state index < -0.39 is 0 Å². The molecule has 0 atom stereocenters. The monoisotopic (exact) mass is 329 g/mol. The van der Waals surface area contributed by atoms with E-state index >= 15 is 0 Å². The van der Waals surface area contributed by atoms with E-state index in [1.807, 2.05) is 31.2 Å². The quantitative estimate of drug-likeness (QED) is 0.825. The first-order valence-electron chi connectivity index (χ1n) is 4.60. The van der Waals surface area contributed by atoms with Gasteiger partial charge in [0.1, 0.15) is 0 Å². The number of benzene rings is 1. The van der Waals surface area contributed by atoms with E-state index in [1.54, 1.807) is 0 Å². The van der Waals surface area contributed by atoms with E-state index in [9.17, 15) is 0 Å². The predicted molar refractivity (Wildman–Crippen MR) is 68.3 cm³/mol. The fourth-order valence-electron chi connectivity index (χ4n) is 1.36. The van der Waals surface area contributed by atoms with Crippen LogP contribution in [0.3, 0.4) is 0 Å². The van der Waals surface area contributed by atoms with E-state index in [0.717, 1.165) is 19.8 Å². The minimum absolute atomic E-state index is 0.608. The van der Waals surface area contributed by atoms with E-state index in [-0.39, 0.29) is 0 Å². The third kappa shape index (κ3) is 2.01. The summed E-state index contributed by atoms with van der Waals surface area (Å²) in [4.78, 5) is 4.43. The maximum absolute atomic E-state index is 5.44. The van der Waals surface area contributed by atoms with Crippen LogP contribution in [0.5, 0.6) is 5.88 Å². The van der Waals surface area contributed by atoms with Gasteiger partial charge in [-0.3, -0.25) is 0 Å². The van der Waals surface area contributed by atoms with Crippen molar-refractivity contribution in [2.75, 3.05) is 6.61 Å². The van der Waals surface area contributed by atoms with E-state index in [2.05, 4.69) is 36.8 Å². The molecule has 0 radical (unpaired) electrons. The number of nitrogens with zero attached hydrogens (tertiary/aromatic N) is 1. The fourth-order valence-corrected chi connectivity index (χ4v) is 2.28. The molecule has 1 heterocycles. The summed E-state index contributed by atoms with van der Waals surface area (Å²) in [6.07, 6.45) is 0. The lowest BCUT2D eigenvalue weighted by Gasteiger charge is -2.08. The Hall–Kier alpha value is -0.610. The van der Waals surface area contributed by atoms with Crippen molar-refractivity contribution >= 4 is 42.8 Å². The number of rotatable bonds is 2. The van der Waals surface area contributed by atoms with E-state index in [0.29, 0.717) is 12.5 Å². The standard InChI is InChI=1S/C11H9Br2NO/c1-2-15-11-10(13)9(12)7-5-3-4-6-8(7)14-11/h3-6H,2H2,1H3. The summed E-state index contributed by atoms with van der Waals surface area (Å²) < 4.78 is 7.28. The number of hydrogen-bond donors (Lipinski definition) is 0. The molecule has 2 rings (SSSR count). The third-order valence-electron chi connectivity index (χ3n) is 2.02. The molecule has 0 amide bonds. The molecule has 0 saturated heterocycles. The lowest BCUT2D eigenvalue weighted by atomic mass is 10.2. The Morgan fingerprint density at radius 2 is 1.93 bits per heavy atom. The molecule has 0 fully saturated rings. The number of ether oxygens (including phenoxy) is 1.